The lowest BCUT2D eigenvalue weighted by Crippen LogP contribution is -2.47. The Kier molecular flexibility index (Phi) is 7.99. The third-order valence-corrected chi connectivity index (χ3v) is 4.54. The van der Waals surface area contributed by atoms with Crippen LogP contribution in [0.5, 0.6) is 5.75 Å². The Morgan fingerprint density at radius 2 is 1.82 bits per heavy atom. The quantitative estimate of drug-likeness (QED) is 0.715. The van der Waals surface area contributed by atoms with Crippen LogP contribution in [-0.4, -0.2) is 29.9 Å². The van der Waals surface area contributed by atoms with E-state index >= 15 is 0 Å². The number of rotatable bonds is 9. The Hall–Kier alpha value is -2.89. The molecule has 0 aliphatic carbocycles. The molecule has 0 unspecified atom stereocenters. The second-order valence-corrected chi connectivity index (χ2v) is 6.60. The molecule has 0 spiro atoms. The molecule has 2 aromatic rings. The minimum atomic E-state index is -0.654. The normalized spacial score (nSPS) is 11.6. The lowest BCUT2D eigenvalue weighted by molar-refractivity contribution is -0.140. The van der Waals surface area contributed by atoms with Crippen LogP contribution in [0.15, 0.2) is 48.5 Å². The number of para-hydroxylation sites is 1. The second-order valence-electron chi connectivity index (χ2n) is 6.60. The molecule has 2 amide bonds. The summed E-state index contributed by atoms with van der Waals surface area (Å²) in [5.41, 5.74) is 1.63. The third-order valence-electron chi connectivity index (χ3n) is 4.54. The fourth-order valence-corrected chi connectivity index (χ4v) is 2.91. The fourth-order valence-electron chi connectivity index (χ4n) is 2.91. The molecule has 150 valence electrons. The first kappa shape index (κ1) is 21.4. The summed E-state index contributed by atoms with van der Waals surface area (Å²) in [7, 11) is 1.58. The van der Waals surface area contributed by atoms with E-state index in [4.69, 9.17) is 4.74 Å². The third kappa shape index (κ3) is 5.81. The maximum atomic E-state index is 13.2. The highest BCUT2D eigenvalue weighted by Gasteiger charge is 2.25. The Morgan fingerprint density at radius 3 is 2.46 bits per heavy atom. The van der Waals surface area contributed by atoms with Crippen LogP contribution in [0.4, 0.5) is 4.39 Å². The molecule has 0 aliphatic heterocycles. The van der Waals surface area contributed by atoms with E-state index in [0.29, 0.717) is 25.1 Å². The Bertz CT molecular complexity index is 793. The topological polar surface area (TPSA) is 58.6 Å². The number of carbonyl (C=O) groups excluding carboxylic acids is 2. The van der Waals surface area contributed by atoms with E-state index in [2.05, 4.69) is 5.32 Å². The minimum Gasteiger partial charge on any atom is -0.496 e. The van der Waals surface area contributed by atoms with Gasteiger partial charge in [0.1, 0.15) is 17.6 Å². The van der Waals surface area contributed by atoms with Crippen molar-refractivity contribution in [3.05, 3.63) is 65.5 Å². The first-order chi connectivity index (χ1) is 13.5. The molecule has 0 heterocycles. The van der Waals surface area contributed by atoms with Gasteiger partial charge in [0.05, 0.1) is 7.11 Å². The van der Waals surface area contributed by atoms with Gasteiger partial charge in [-0.05, 0) is 37.1 Å². The lowest BCUT2D eigenvalue weighted by Gasteiger charge is -2.29. The van der Waals surface area contributed by atoms with Gasteiger partial charge in [-0.15, -0.1) is 0 Å². The van der Waals surface area contributed by atoms with E-state index in [-0.39, 0.29) is 24.2 Å². The van der Waals surface area contributed by atoms with E-state index in [1.807, 2.05) is 31.2 Å². The molecule has 0 saturated carbocycles. The van der Waals surface area contributed by atoms with Crippen LogP contribution in [0.2, 0.25) is 0 Å². The second kappa shape index (κ2) is 10.4. The van der Waals surface area contributed by atoms with Crippen molar-refractivity contribution in [3.8, 4) is 5.75 Å². The molecule has 2 rings (SSSR count). The van der Waals surface area contributed by atoms with Gasteiger partial charge in [0.2, 0.25) is 11.8 Å². The molecule has 2 aromatic carbocycles. The molecule has 1 N–H and O–H groups in total. The largest absolute Gasteiger partial charge is 0.496 e. The number of amides is 2. The molecular formula is C22H27FN2O3. The van der Waals surface area contributed by atoms with E-state index in [1.54, 1.807) is 26.2 Å². The van der Waals surface area contributed by atoms with Crippen molar-refractivity contribution in [2.75, 3.05) is 7.11 Å². The number of carbonyl (C=O) groups is 2. The average Bonchev–Trinajstić information content (AvgIpc) is 2.71. The van der Waals surface area contributed by atoms with E-state index in [0.717, 1.165) is 11.1 Å². The molecule has 28 heavy (non-hydrogen) atoms. The Morgan fingerprint density at radius 1 is 1.14 bits per heavy atom. The van der Waals surface area contributed by atoms with Crippen molar-refractivity contribution in [3.63, 3.8) is 0 Å². The van der Waals surface area contributed by atoms with Crippen molar-refractivity contribution >= 4 is 11.8 Å². The molecular weight excluding hydrogens is 359 g/mol. The van der Waals surface area contributed by atoms with Crippen molar-refractivity contribution in [2.45, 2.75) is 45.8 Å². The van der Waals surface area contributed by atoms with Crippen molar-refractivity contribution in [2.24, 2.45) is 0 Å². The summed E-state index contributed by atoms with van der Waals surface area (Å²) in [4.78, 5) is 26.8. The molecule has 0 saturated heterocycles. The fraction of sp³-hybridized carbons (Fsp3) is 0.364. The van der Waals surface area contributed by atoms with E-state index in [9.17, 15) is 14.0 Å². The van der Waals surface area contributed by atoms with E-state index < -0.39 is 6.04 Å². The molecule has 0 radical (unpaired) electrons. The van der Waals surface area contributed by atoms with Crippen LogP contribution in [-0.2, 0) is 22.7 Å². The number of nitrogens with one attached hydrogen (secondary N) is 1. The highest BCUT2D eigenvalue weighted by atomic mass is 19.1. The van der Waals surface area contributed by atoms with E-state index in [1.165, 1.54) is 17.0 Å². The number of hydrogen-bond donors (Lipinski definition) is 1. The molecule has 0 bridgehead atoms. The van der Waals surface area contributed by atoms with Crippen molar-refractivity contribution in [1.82, 2.24) is 10.2 Å². The number of ether oxygens (including phenoxy) is 1. The van der Waals surface area contributed by atoms with Gasteiger partial charge in [-0.2, -0.15) is 0 Å². The van der Waals surface area contributed by atoms with Crippen molar-refractivity contribution in [1.29, 1.82) is 0 Å². The van der Waals surface area contributed by atoms with Crippen molar-refractivity contribution < 1.29 is 18.7 Å². The number of halogens is 1. The summed E-state index contributed by atoms with van der Waals surface area (Å²) in [6.45, 7) is 4.18. The summed E-state index contributed by atoms with van der Waals surface area (Å²) >= 11 is 0. The van der Waals surface area contributed by atoms with Gasteiger partial charge < -0.3 is 15.0 Å². The minimum absolute atomic E-state index is 0.105. The maximum Gasteiger partial charge on any atom is 0.242 e. The van der Waals surface area contributed by atoms with Gasteiger partial charge in [0, 0.05) is 25.1 Å². The van der Waals surface area contributed by atoms with Crippen LogP contribution in [0, 0.1) is 5.82 Å². The number of hydrogen-bond acceptors (Lipinski definition) is 3. The molecule has 0 aromatic heterocycles. The monoisotopic (exact) mass is 386 g/mol. The van der Waals surface area contributed by atoms with Crippen LogP contribution in [0.3, 0.4) is 0 Å². The zero-order valence-electron chi connectivity index (χ0n) is 16.6. The highest BCUT2D eigenvalue weighted by molar-refractivity contribution is 5.87. The predicted molar refractivity (Wildman–Crippen MR) is 106 cm³/mol. The summed E-state index contributed by atoms with van der Waals surface area (Å²) in [6.07, 6.45) is 1.04. The molecule has 0 fully saturated rings. The molecule has 1 atom stereocenters. The van der Waals surface area contributed by atoms with Gasteiger partial charge in [0.25, 0.3) is 0 Å². The summed E-state index contributed by atoms with van der Waals surface area (Å²) in [5, 5.41) is 2.87. The van der Waals surface area contributed by atoms with Gasteiger partial charge >= 0.3 is 0 Å². The number of nitrogens with zero attached hydrogens (tertiary/aromatic N) is 1. The zero-order chi connectivity index (χ0) is 20.5. The average molecular weight is 386 g/mol. The first-order valence-corrected chi connectivity index (χ1v) is 9.39. The van der Waals surface area contributed by atoms with Crippen LogP contribution >= 0.6 is 0 Å². The smallest absolute Gasteiger partial charge is 0.242 e. The van der Waals surface area contributed by atoms with Crippen LogP contribution < -0.4 is 10.1 Å². The summed E-state index contributed by atoms with van der Waals surface area (Å²) < 4.78 is 18.5. The van der Waals surface area contributed by atoms with Crippen LogP contribution in [0.25, 0.3) is 0 Å². The number of benzene rings is 2. The summed E-state index contributed by atoms with van der Waals surface area (Å²) in [5.74, 6) is 0.00250. The SMILES string of the molecule is CCCC(=O)N(Cc1ccc(F)cc1)[C@H](C)C(=O)NCc1ccccc1OC. The summed E-state index contributed by atoms with van der Waals surface area (Å²) in [6, 6.07) is 12.7. The number of methoxy groups -OCH3 is 1. The van der Waals surface area contributed by atoms with Gasteiger partial charge in [-0.25, -0.2) is 4.39 Å². The first-order valence-electron chi connectivity index (χ1n) is 9.39. The standard InChI is InChI=1S/C22H27FN2O3/c1-4-7-21(26)25(15-17-10-12-19(23)13-11-17)16(2)22(27)24-14-18-8-5-6-9-20(18)28-3/h5-6,8-13,16H,4,7,14-15H2,1-3H3,(H,24,27)/t16-/m1/s1. The Balaban J connectivity index is 2.09. The van der Waals surface area contributed by atoms with Gasteiger partial charge in [-0.1, -0.05) is 37.3 Å². The highest BCUT2D eigenvalue weighted by Crippen LogP contribution is 2.17. The molecule has 0 aliphatic rings. The van der Waals surface area contributed by atoms with Crippen LogP contribution in [0.1, 0.15) is 37.8 Å². The molecule has 6 heteroatoms. The van der Waals surface area contributed by atoms with Gasteiger partial charge in [-0.3, -0.25) is 9.59 Å². The zero-order valence-corrected chi connectivity index (χ0v) is 16.6. The lowest BCUT2D eigenvalue weighted by atomic mass is 10.1. The molecule has 5 nitrogen and oxygen atoms in total. The maximum absolute atomic E-state index is 13.2. The van der Waals surface area contributed by atoms with Gasteiger partial charge in [0.15, 0.2) is 0 Å². The predicted octanol–water partition coefficient (Wildman–Crippen LogP) is 3.67. The Labute approximate surface area is 165 Å².